The second kappa shape index (κ2) is 12.4. The monoisotopic (exact) mass is 622 g/mol. The molecule has 3 heterocycles. The normalized spacial score (nSPS) is 30.7. The van der Waals surface area contributed by atoms with E-state index in [-0.39, 0.29) is 40.3 Å². The highest BCUT2D eigenvalue weighted by molar-refractivity contribution is 9.09. The van der Waals surface area contributed by atoms with E-state index in [4.69, 9.17) is 0 Å². The first-order valence-electron chi connectivity index (χ1n) is 14.4. The van der Waals surface area contributed by atoms with Gasteiger partial charge in [0.2, 0.25) is 17.7 Å². The van der Waals surface area contributed by atoms with Crippen LogP contribution in [0.2, 0.25) is 0 Å². The van der Waals surface area contributed by atoms with Gasteiger partial charge in [-0.15, -0.1) is 11.8 Å². The van der Waals surface area contributed by atoms with Crippen molar-refractivity contribution in [2.24, 2.45) is 17.8 Å². The number of hydrogen-bond acceptors (Lipinski definition) is 6. The lowest BCUT2D eigenvalue weighted by atomic mass is 9.70. The van der Waals surface area contributed by atoms with Crippen LogP contribution in [0.15, 0.2) is 24.3 Å². The lowest BCUT2D eigenvalue weighted by Gasteiger charge is -2.39. The molecule has 0 saturated carbocycles. The smallest absolute Gasteiger partial charge is 0.248 e. The summed E-state index contributed by atoms with van der Waals surface area (Å²) in [4.78, 5) is 45.7. The van der Waals surface area contributed by atoms with Crippen molar-refractivity contribution in [2.45, 2.75) is 80.8 Å². The van der Waals surface area contributed by atoms with Gasteiger partial charge in [0.1, 0.15) is 6.04 Å². The van der Waals surface area contributed by atoms with Gasteiger partial charge in [-0.05, 0) is 56.9 Å². The average Bonchev–Trinajstić information content (AvgIpc) is 3.52. The summed E-state index contributed by atoms with van der Waals surface area (Å²) in [6.07, 6.45) is 2.18. The molecule has 4 rings (SSSR count). The van der Waals surface area contributed by atoms with E-state index in [0.29, 0.717) is 18.7 Å². The number of thioether (sulfide) groups is 1. The molecule has 216 valence electrons. The fourth-order valence-corrected chi connectivity index (χ4v) is 10.4. The minimum absolute atomic E-state index is 0.00725. The van der Waals surface area contributed by atoms with Crippen molar-refractivity contribution in [3.63, 3.8) is 0 Å². The minimum Gasteiger partial charge on any atom is -0.394 e. The van der Waals surface area contributed by atoms with Crippen LogP contribution in [0.1, 0.15) is 53.9 Å². The Morgan fingerprint density at radius 3 is 2.41 bits per heavy atom. The number of amides is 3. The van der Waals surface area contributed by atoms with Crippen molar-refractivity contribution < 1.29 is 19.5 Å². The van der Waals surface area contributed by atoms with Crippen LogP contribution in [0.4, 0.5) is 11.4 Å². The number of hydrogen-bond donors (Lipinski definition) is 3. The fourth-order valence-electron chi connectivity index (χ4n) is 6.76. The van der Waals surface area contributed by atoms with Gasteiger partial charge in [-0.2, -0.15) is 0 Å². The fraction of sp³-hybridized carbons (Fsp3) is 0.690. The third-order valence-electron chi connectivity index (χ3n) is 8.94. The van der Waals surface area contributed by atoms with Gasteiger partial charge in [0, 0.05) is 41.1 Å². The van der Waals surface area contributed by atoms with Crippen LogP contribution < -0.4 is 15.5 Å². The maximum atomic E-state index is 14.3. The first-order chi connectivity index (χ1) is 18.7. The average molecular weight is 624 g/mol. The third kappa shape index (κ3) is 5.21. The van der Waals surface area contributed by atoms with Crippen molar-refractivity contribution in [3.8, 4) is 0 Å². The van der Waals surface area contributed by atoms with Crippen LogP contribution in [-0.2, 0) is 14.4 Å². The molecule has 10 heteroatoms. The van der Waals surface area contributed by atoms with Gasteiger partial charge < -0.3 is 25.5 Å². The maximum absolute atomic E-state index is 14.3. The summed E-state index contributed by atoms with van der Waals surface area (Å²) in [5.41, 5.74) is 1.75. The lowest BCUT2D eigenvalue weighted by Crippen LogP contribution is -2.56. The van der Waals surface area contributed by atoms with Gasteiger partial charge in [0.15, 0.2) is 0 Å². The highest BCUT2D eigenvalue weighted by atomic mass is 79.9. The Morgan fingerprint density at radius 1 is 1.18 bits per heavy atom. The second-order valence-electron chi connectivity index (χ2n) is 11.0. The van der Waals surface area contributed by atoms with Crippen LogP contribution >= 0.6 is 27.7 Å². The second-order valence-corrected chi connectivity index (χ2v) is 13.8. The van der Waals surface area contributed by atoms with Crippen molar-refractivity contribution >= 4 is 56.8 Å². The van der Waals surface area contributed by atoms with Crippen molar-refractivity contribution in [1.29, 1.82) is 0 Å². The highest BCUT2D eigenvalue weighted by Crippen LogP contribution is 2.68. The standard InChI is InChI=1S/C29H43BrN4O4S/c1-6-14-31-26(36)22-23-28(38)34(21(16-35)17(5)7-2)25(29(23)15-20(30)24(22)39-29)27(37)32-18-10-12-19(13-11-18)33(8-3)9-4/h10-13,17,20-25,35H,6-9,14-16H2,1-5H3,(H,31,36)(H,32,37)/t17-,20?,21-,22-,23-,24-,25?,29?/m0/s1. The van der Waals surface area contributed by atoms with Crippen LogP contribution in [-0.4, -0.2) is 80.9 Å². The van der Waals surface area contributed by atoms with Crippen LogP contribution in [0.25, 0.3) is 0 Å². The Balaban J connectivity index is 1.71. The van der Waals surface area contributed by atoms with E-state index >= 15 is 0 Å². The van der Waals surface area contributed by atoms with Crippen molar-refractivity contribution in [3.05, 3.63) is 24.3 Å². The Hall–Kier alpha value is -1.78. The number of alkyl halides is 1. The molecule has 1 aromatic rings. The van der Waals surface area contributed by atoms with Crippen LogP contribution in [0.3, 0.4) is 0 Å². The molecule has 3 aliphatic rings. The largest absolute Gasteiger partial charge is 0.394 e. The Labute approximate surface area is 245 Å². The van der Waals surface area contributed by atoms with Gasteiger partial charge in [0.05, 0.1) is 29.2 Å². The summed E-state index contributed by atoms with van der Waals surface area (Å²) >= 11 is 5.42. The van der Waals surface area contributed by atoms with Crippen LogP contribution in [0, 0.1) is 17.8 Å². The first-order valence-corrected chi connectivity index (χ1v) is 16.2. The van der Waals surface area contributed by atoms with Gasteiger partial charge in [-0.25, -0.2) is 0 Å². The number of carbonyl (C=O) groups excluding carboxylic acids is 3. The van der Waals surface area contributed by atoms with E-state index in [1.807, 2.05) is 45.0 Å². The number of nitrogens with one attached hydrogen (secondary N) is 2. The number of carbonyl (C=O) groups is 3. The van der Waals surface area contributed by atoms with Gasteiger partial charge in [0.25, 0.3) is 0 Å². The highest BCUT2D eigenvalue weighted by Gasteiger charge is 2.76. The van der Waals surface area contributed by atoms with Gasteiger partial charge in [-0.3, -0.25) is 14.4 Å². The predicted molar refractivity (Wildman–Crippen MR) is 161 cm³/mol. The lowest BCUT2D eigenvalue weighted by molar-refractivity contribution is -0.143. The molecule has 0 radical (unpaired) electrons. The summed E-state index contributed by atoms with van der Waals surface area (Å²) in [6, 6.07) is 6.49. The molecule has 3 unspecified atom stereocenters. The molecule has 3 aliphatic heterocycles. The van der Waals surface area contributed by atoms with Crippen molar-refractivity contribution in [2.75, 3.05) is 36.5 Å². The van der Waals surface area contributed by atoms with E-state index in [1.165, 1.54) is 0 Å². The summed E-state index contributed by atoms with van der Waals surface area (Å²) in [5.74, 6) is -1.68. The number of anilines is 2. The molecule has 3 saturated heterocycles. The zero-order chi connectivity index (χ0) is 28.5. The molecular weight excluding hydrogens is 580 g/mol. The molecule has 3 amide bonds. The molecule has 3 N–H and O–H groups in total. The van der Waals surface area contributed by atoms with E-state index in [2.05, 4.69) is 45.3 Å². The molecule has 8 atom stereocenters. The number of rotatable bonds is 12. The molecule has 2 bridgehead atoms. The number of aliphatic hydroxyl groups is 1. The Bertz CT molecular complexity index is 1050. The van der Waals surface area contributed by atoms with Crippen LogP contribution in [0.5, 0.6) is 0 Å². The third-order valence-corrected chi connectivity index (χ3v) is 12.2. The molecule has 3 fully saturated rings. The number of halogens is 1. The maximum Gasteiger partial charge on any atom is 0.248 e. The summed E-state index contributed by atoms with van der Waals surface area (Å²) < 4.78 is -0.740. The Kier molecular flexibility index (Phi) is 9.59. The Morgan fingerprint density at radius 2 is 1.85 bits per heavy atom. The molecule has 1 spiro atoms. The quantitative estimate of drug-likeness (QED) is 0.306. The zero-order valence-electron chi connectivity index (χ0n) is 23.7. The summed E-state index contributed by atoms with van der Waals surface area (Å²) in [5, 5.41) is 16.5. The number of likely N-dealkylation sites (tertiary alicyclic amines) is 1. The number of aliphatic hydroxyl groups excluding tert-OH is 1. The molecule has 1 aromatic carbocycles. The summed E-state index contributed by atoms with van der Waals surface area (Å²) in [6.45, 7) is 12.3. The number of fused-ring (bicyclic) bond motifs is 1. The zero-order valence-corrected chi connectivity index (χ0v) is 26.1. The number of nitrogens with zero attached hydrogens (tertiary/aromatic N) is 2. The topological polar surface area (TPSA) is 102 Å². The SMILES string of the molecule is CCCNC(=O)[C@H]1[C@H]2C(=O)N([C@@H](CO)[C@@H](C)CC)C(C(=O)Nc3ccc(N(CC)CC)cc3)C23CC(Br)[C@@H]1S3. The summed E-state index contributed by atoms with van der Waals surface area (Å²) in [7, 11) is 0. The van der Waals surface area contributed by atoms with Gasteiger partial charge in [-0.1, -0.05) is 43.1 Å². The minimum atomic E-state index is -0.789. The predicted octanol–water partition coefficient (Wildman–Crippen LogP) is 3.87. The molecule has 0 aliphatic carbocycles. The molecule has 39 heavy (non-hydrogen) atoms. The van der Waals surface area contributed by atoms with Crippen molar-refractivity contribution in [1.82, 2.24) is 10.2 Å². The van der Waals surface area contributed by atoms with Gasteiger partial charge >= 0.3 is 0 Å². The number of benzene rings is 1. The van der Waals surface area contributed by atoms with E-state index < -0.39 is 28.7 Å². The van der Waals surface area contributed by atoms with E-state index in [0.717, 1.165) is 31.6 Å². The van der Waals surface area contributed by atoms with E-state index in [9.17, 15) is 19.5 Å². The molecule has 0 aromatic heterocycles. The molecule has 8 nitrogen and oxygen atoms in total. The molecular formula is C29H43BrN4O4S. The first kappa shape index (κ1) is 30.2. The van der Waals surface area contributed by atoms with E-state index in [1.54, 1.807) is 16.7 Å².